The summed E-state index contributed by atoms with van der Waals surface area (Å²) in [7, 11) is 10.4. The van der Waals surface area contributed by atoms with Gasteiger partial charge in [0.15, 0.2) is 0 Å². The largest absolute Gasteiger partial charge is 2.00 e. The first kappa shape index (κ1) is 41.7. The maximum absolute atomic E-state index is 7.13. The van der Waals surface area contributed by atoms with Crippen molar-refractivity contribution in [2.24, 2.45) is 24.3 Å². The van der Waals surface area contributed by atoms with Crippen LogP contribution in [0.15, 0.2) is 40.8 Å². The Hall–Kier alpha value is -2.46. The van der Waals surface area contributed by atoms with Gasteiger partial charge in [0.2, 0.25) is 6.33 Å². The summed E-state index contributed by atoms with van der Waals surface area (Å²) in [5.41, 5.74) is 2.05. The Morgan fingerprint density at radius 2 is 1.38 bits per heavy atom. The Labute approximate surface area is 253 Å². The van der Waals surface area contributed by atoms with E-state index < -0.39 is 0 Å². The molecule has 0 unspecified atom stereocenters. The van der Waals surface area contributed by atoms with E-state index in [0.29, 0.717) is 5.95 Å². The van der Waals surface area contributed by atoms with E-state index in [9.17, 15) is 0 Å². The van der Waals surface area contributed by atoms with Crippen LogP contribution >= 0.6 is 48.9 Å². The number of hydrogen-bond donors (Lipinski definition) is 0. The van der Waals surface area contributed by atoms with Crippen LogP contribution < -0.4 is 9.47 Å². The number of azo groups is 1. The van der Waals surface area contributed by atoms with E-state index in [-0.39, 0.29) is 19.5 Å². The first-order valence-corrected chi connectivity index (χ1v) is 11.6. The van der Waals surface area contributed by atoms with Crippen LogP contribution in [0.1, 0.15) is 6.92 Å². The molecule has 0 aliphatic carbocycles. The number of anilines is 1. The van der Waals surface area contributed by atoms with Crippen molar-refractivity contribution >= 4 is 86.8 Å². The summed E-state index contributed by atoms with van der Waals surface area (Å²) in [6.07, 6.45) is 1.71. The van der Waals surface area contributed by atoms with E-state index >= 15 is 0 Å². The van der Waals surface area contributed by atoms with Gasteiger partial charge in [-0.25, -0.2) is 4.57 Å². The van der Waals surface area contributed by atoms with Gasteiger partial charge >= 0.3 is 25.4 Å². The summed E-state index contributed by atoms with van der Waals surface area (Å²) in [5.74, 6) is 0.706. The van der Waals surface area contributed by atoms with Gasteiger partial charge in [-0.15, -0.1) is 4.68 Å². The summed E-state index contributed by atoms with van der Waals surface area (Å²) < 4.78 is 4.49. The van der Waals surface area contributed by atoms with E-state index in [4.69, 9.17) is 21.6 Å². The summed E-state index contributed by atoms with van der Waals surface area (Å²) in [4.78, 5) is 2.38. The second kappa shape index (κ2) is 26.6. The quantitative estimate of drug-likeness (QED) is 0.108. The van der Waals surface area contributed by atoms with Crippen LogP contribution in [0.5, 0.6) is 0 Å². The van der Waals surface area contributed by atoms with E-state index in [1.807, 2.05) is 30.8 Å². The molecule has 0 radical (unpaired) electrons. The minimum Gasteiger partial charge on any atom is -0.753 e. The molecule has 0 fully saturated rings. The maximum Gasteiger partial charge on any atom is 2.00 e. The van der Waals surface area contributed by atoms with Gasteiger partial charge in [0, 0.05) is 17.3 Å². The molecule has 0 saturated carbocycles. The van der Waals surface area contributed by atoms with Crippen LogP contribution in [0.2, 0.25) is 0 Å². The molecule has 16 heteroatoms. The van der Waals surface area contributed by atoms with Gasteiger partial charge in [0.05, 0.1) is 54.0 Å². The third-order valence-electron chi connectivity index (χ3n) is 3.90. The Balaban J connectivity index is -0.000000356. The second-order valence-electron chi connectivity index (χ2n) is 7.34. The molecule has 0 aliphatic heterocycles. The number of nitrogens with zero attached hydrogens (tertiary/aromatic N) is 11. The second-order valence-corrected chi connectivity index (χ2v) is 8.07. The fraction of sp³-hybridized carbons (Fsp3) is 0.429. The molecule has 194 valence electrons. The molecule has 1 heterocycles. The van der Waals surface area contributed by atoms with Gasteiger partial charge in [-0.1, -0.05) is 54.0 Å². The smallest absolute Gasteiger partial charge is 0.753 e. The molecule has 0 atom stereocenters. The van der Waals surface area contributed by atoms with Gasteiger partial charge in [0.1, 0.15) is 0 Å². The Kier molecular flexibility index (Phi) is 30.0. The van der Waals surface area contributed by atoms with Gasteiger partial charge in [0.25, 0.3) is 0 Å². The van der Waals surface area contributed by atoms with Crippen molar-refractivity contribution in [1.29, 1.82) is 0 Å². The Bertz CT molecular complexity index is 972. The van der Waals surface area contributed by atoms with E-state index in [0.717, 1.165) is 29.8 Å². The Morgan fingerprint density at radius 3 is 1.70 bits per heavy atom. The predicted octanol–water partition coefficient (Wildman–Crippen LogP) is 4.82. The maximum atomic E-state index is 7.13. The van der Waals surface area contributed by atoms with Crippen molar-refractivity contribution in [2.75, 3.05) is 45.7 Å². The summed E-state index contributed by atoms with van der Waals surface area (Å²) in [6.45, 7) is 5.31. The molecule has 2 rings (SSSR count). The number of benzene rings is 1. The number of isothiocyanates is 4. The van der Waals surface area contributed by atoms with Crippen LogP contribution in [0.4, 0.5) is 17.3 Å². The minimum atomic E-state index is 0. The van der Waals surface area contributed by atoms with Gasteiger partial charge < -0.3 is 31.0 Å². The third-order valence-corrected chi connectivity index (χ3v) is 3.90. The van der Waals surface area contributed by atoms with Gasteiger partial charge in [-0.05, 0) is 36.3 Å². The van der Waals surface area contributed by atoms with Gasteiger partial charge in [-0.2, -0.15) is 20.6 Å². The van der Waals surface area contributed by atoms with Crippen molar-refractivity contribution in [3.05, 3.63) is 52.2 Å². The molecule has 0 bridgehead atoms. The third kappa shape index (κ3) is 23.7. The monoisotopic (exact) mass is 627 g/mol. The predicted molar refractivity (Wildman–Crippen MR) is 160 cm³/mol. The van der Waals surface area contributed by atoms with Crippen molar-refractivity contribution in [1.82, 2.24) is 9.78 Å². The topological polar surface area (TPSA) is 139 Å². The van der Waals surface area contributed by atoms with Crippen LogP contribution in [-0.2, 0) is 33.6 Å². The number of thiocarbonyl (C=S) groups is 4. The summed E-state index contributed by atoms with van der Waals surface area (Å²) >= 11 is 14.8. The average molecular weight is 629 g/mol. The number of hydrogen-bond acceptors (Lipinski definition) is 8. The fourth-order valence-corrected chi connectivity index (χ4v) is 2.34. The minimum absolute atomic E-state index is 0. The first-order chi connectivity index (χ1) is 17.0. The normalized spacial score (nSPS) is 8.70. The molecule has 0 saturated heterocycles. The number of aromatic nitrogens is 3. The van der Waals surface area contributed by atoms with Crippen molar-refractivity contribution in [2.45, 2.75) is 6.92 Å². The SMILES string of the molecule is CCN(CC[N+](C)(C)C)c1ccc(N=Nc2n(C)nc[n+]2C)cc1.[N-]=C=S.[N-]=C=S.[N-]=C=S.[N-]=C=S.[Zn+2]. The van der Waals surface area contributed by atoms with E-state index in [1.165, 1.54) is 26.3 Å². The number of aryl methyl sites for hydroxylation is 2. The van der Waals surface area contributed by atoms with Crippen molar-refractivity contribution in [3.8, 4) is 0 Å². The molecular weight excluding hydrogens is 600 g/mol. The van der Waals surface area contributed by atoms with E-state index in [2.05, 4.69) is 109 Å². The van der Waals surface area contributed by atoms with Crippen LogP contribution in [-0.4, -0.2) is 75.7 Å². The molecule has 11 nitrogen and oxygen atoms in total. The van der Waals surface area contributed by atoms with Gasteiger partial charge in [-0.3, -0.25) is 0 Å². The molecular formula is C21H29N11S4Zn. The molecule has 37 heavy (non-hydrogen) atoms. The molecule has 0 N–H and O–H groups in total. The van der Waals surface area contributed by atoms with Crippen molar-refractivity contribution < 1.29 is 28.5 Å². The first-order valence-electron chi connectivity index (χ1n) is 9.96. The molecule has 0 aliphatic rings. The standard InChI is InChI=1S/C17H29N7.4CNS.Zn/c1-7-23(12-13-24(4,5)6)16-10-8-15(9-11-16)19-20-17-21(2)14-18-22(17)3;4*2-1-3;/h8-11,14H,7,12-13H2,1-6H3;;;;;/q+2;4*-1;+2. The molecule has 0 amide bonds. The van der Waals surface area contributed by atoms with E-state index in [1.54, 1.807) is 11.0 Å². The molecule has 1 aromatic carbocycles. The average Bonchev–Trinajstić information content (AvgIpc) is 3.12. The molecule has 2 aromatic rings. The summed E-state index contributed by atoms with van der Waals surface area (Å²) in [5, 5.41) is 46.6. The van der Waals surface area contributed by atoms with Crippen molar-refractivity contribution in [3.63, 3.8) is 0 Å². The van der Waals surface area contributed by atoms with Crippen LogP contribution in [0.25, 0.3) is 21.6 Å². The van der Waals surface area contributed by atoms with Crippen LogP contribution in [0.3, 0.4) is 0 Å². The number of quaternary nitrogens is 1. The zero-order valence-electron chi connectivity index (χ0n) is 21.8. The molecule has 0 spiro atoms. The van der Waals surface area contributed by atoms with Crippen LogP contribution in [0, 0.1) is 0 Å². The zero-order valence-corrected chi connectivity index (χ0v) is 28.0. The molecule has 1 aromatic heterocycles. The number of likely N-dealkylation sites (N-methyl/N-ethyl adjacent to an activating group) is 2. The Morgan fingerprint density at radius 1 is 0.946 bits per heavy atom. The number of rotatable bonds is 7. The zero-order chi connectivity index (χ0) is 28.6. The summed E-state index contributed by atoms with van der Waals surface area (Å²) in [6, 6.07) is 8.22. The fourth-order valence-electron chi connectivity index (χ4n) is 2.34.